The number of nitro benzene ring substituents is 1. The minimum absolute atomic E-state index is 0.0386. The van der Waals surface area contributed by atoms with Crippen molar-refractivity contribution in [1.82, 2.24) is 10.9 Å². The second-order valence-corrected chi connectivity index (χ2v) is 4.91. The number of nitro groups is 1. The van der Waals surface area contributed by atoms with E-state index in [1.54, 1.807) is 18.2 Å². The van der Waals surface area contributed by atoms with Crippen LogP contribution in [-0.4, -0.2) is 21.8 Å². The van der Waals surface area contributed by atoms with E-state index >= 15 is 0 Å². The van der Waals surface area contributed by atoms with Gasteiger partial charge in [0, 0.05) is 23.3 Å². The van der Waals surface area contributed by atoms with Crippen LogP contribution in [0.4, 0.5) is 5.69 Å². The number of carbonyl (C=O) groups excluding carboxylic acids is 2. The normalized spacial score (nSPS) is 10.9. The van der Waals surface area contributed by atoms with E-state index in [-0.39, 0.29) is 16.8 Å². The lowest BCUT2D eigenvalue weighted by atomic mass is 10.1. The Kier molecular flexibility index (Phi) is 5.63. The summed E-state index contributed by atoms with van der Waals surface area (Å²) in [6.07, 6.45) is 0. The molecule has 0 saturated carbocycles. The first kappa shape index (κ1) is 18.2. The van der Waals surface area contributed by atoms with Crippen molar-refractivity contribution >= 4 is 23.3 Å². The van der Waals surface area contributed by atoms with Crippen molar-refractivity contribution in [1.29, 1.82) is 5.26 Å². The standard InChI is InChI=1S/C17H12N4O5/c18-10-14(15(22)11-6-8-13(9-7-11)21(25)26)17(24)20-19-16(23)12-4-2-1-3-5-12/h1-9,22H,(H,19,23)(H,20,24). The molecule has 2 amide bonds. The maximum absolute atomic E-state index is 12.0. The molecule has 3 N–H and O–H groups in total. The van der Waals surface area contributed by atoms with E-state index in [2.05, 4.69) is 5.43 Å². The number of aliphatic hydroxyl groups excluding tert-OH is 1. The molecule has 0 atom stereocenters. The van der Waals surface area contributed by atoms with E-state index in [1.165, 1.54) is 30.3 Å². The van der Waals surface area contributed by atoms with Crippen molar-refractivity contribution in [2.24, 2.45) is 0 Å². The molecule has 0 aromatic heterocycles. The molecule has 0 fully saturated rings. The SMILES string of the molecule is N#CC(C(=O)NNC(=O)c1ccccc1)=C(O)c1ccc([N+](=O)[O-])cc1. The monoisotopic (exact) mass is 352 g/mol. The molecular formula is C17H12N4O5. The van der Waals surface area contributed by atoms with Gasteiger partial charge in [0.05, 0.1) is 4.92 Å². The highest BCUT2D eigenvalue weighted by Crippen LogP contribution is 2.19. The van der Waals surface area contributed by atoms with Gasteiger partial charge in [-0.1, -0.05) is 18.2 Å². The van der Waals surface area contributed by atoms with E-state index < -0.39 is 28.1 Å². The first-order valence-corrected chi connectivity index (χ1v) is 7.18. The molecule has 0 saturated heterocycles. The average Bonchev–Trinajstić information content (AvgIpc) is 2.67. The van der Waals surface area contributed by atoms with Crippen molar-refractivity contribution < 1.29 is 19.6 Å². The van der Waals surface area contributed by atoms with Gasteiger partial charge < -0.3 is 5.11 Å². The minimum Gasteiger partial charge on any atom is -0.506 e. The Labute approximate surface area is 147 Å². The third-order valence-electron chi connectivity index (χ3n) is 3.25. The van der Waals surface area contributed by atoms with Crippen LogP contribution in [0.25, 0.3) is 5.76 Å². The fraction of sp³-hybridized carbons (Fsp3) is 0. The number of carbonyl (C=O) groups is 2. The third-order valence-corrected chi connectivity index (χ3v) is 3.25. The predicted octanol–water partition coefficient (Wildman–Crippen LogP) is 1.85. The van der Waals surface area contributed by atoms with Crippen molar-refractivity contribution in [2.75, 3.05) is 0 Å². The second kappa shape index (κ2) is 8.07. The molecule has 130 valence electrons. The van der Waals surface area contributed by atoms with E-state index in [0.29, 0.717) is 0 Å². The fourth-order valence-corrected chi connectivity index (χ4v) is 1.93. The number of aliphatic hydroxyl groups is 1. The van der Waals surface area contributed by atoms with Gasteiger partial charge in [-0.25, -0.2) is 0 Å². The zero-order chi connectivity index (χ0) is 19.1. The molecule has 9 nitrogen and oxygen atoms in total. The number of hydrogen-bond donors (Lipinski definition) is 3. The number of hydrogen-bond acceptors (Lipinski definition) is 6. The fourth-order valence-electron chi connectivity index (χ4n) is 1.93. The number of non-ortho nitro benzene ring substituents is 1. The molecule has 0 aliphatic rings. The molecule has 0 aliphatic heterocycles. The summed E-state index contributed by atoms with van der Waals surface area (Å²) in [6.45, 7) is 0. The van der Waals surface area contributed by atoms with Crippen molar-refractivity contribution in [3.05, 3.63) is 81.4 Å². The zero-order valence-electron chi connectivity index (χ0n) is 13.2. The van der Waals surface area contributed by atoms with Crippen LogP contribution in [0.5, 0.6) is 0 Å². The maximum Gasteiger partial charge on any atom is 0.284 e. The van der Waals surface area contributed by atoms with Gasteiger partial charge in [0.25, 0.3) is 17.5 Å². The summed E-state index contributed by atoms with van der Waals surface area (Å²) in [7, 11) is 0. The molecule has 26 heavy (non-hydrogen) atoms. The van der Waals surface area contributed by atoms with E-state index in [4.69, 9.17) is 5.26 Å². The second-order valence-electron chi connectivity index (χ2n) is 4.91. The number of rotatable bonds is 4. The van der Waals surface area contributed by atoms with Crippen molar-refractivity contribution in [2.45, 2.75) is 0 Å². The number of benzene rings is 2. The number of amides is 2. The van der Waals surface area contributed by atoms with E-state index in [1.807, 2.05) is 5.43 Å². The molecule has 0 radical (unpaired) electrons. The summed E-state index contributed by atoms with van der Waals surface area (Å²) < 4.78 is 0. The maximum atomic E-state index is 12.0. The van der Waals surface area contributed by atoms with Crippen LogP contribution >= 0.6 is 0 Å². The molecule has 0 heterocycles. The molecule has 9 heteroatoms. The first-order valence-electron chi connectivity index (χ1n) is 7.18. The van der Waals surface area contributed by atoms with Gasteiger partial charge in [0.15, 0.2) is 5.57 Å². The van der Waals surface area contributed by atoms with Gasteiger partial charge in [0.2, 0.25) is 0 Å². The molecular weight excluding hydrogens is 340 g/mol. The van der Waals surface area contributed by atoms with Crippen LogP contribution in [0.1, 0.15) is 15.9 Å². The highest BCUT2D eigenvalue weighted by atomic mass is 16.6. The topological polar surface area (TPSA) is 145 Å². The number of nitrogens with one attached hydrogen (secondary N) is 2. The Morgan fingerprint density at radius 2 is 1.62 bits per heavy atom. The molecule has 0 unspecified atom stereocenters. The van der Waals surface area contributed by atoms with Crippen LogP contribution in [0.2, 0.25) is 0 Å². The number of hydrazine groups is 1. The molecule has 0 aliphatic carbocycles. The van der Waals surface area contributed by atoms with E-state index in [0.717, 1.165) is 12.1 Å². The van der Waals surface area contributed by atoms with Crippen LogP contribution < -0.4 is 10.9 Å². The summed E-state index contributed by atoms with van der Waals surface area (Å²) >= 11 is 0. The summed E-state index contributed by atoms with van der Waals surface area (Å²) in [5.74, 6) is -2.31. The lowest BCUT2D eigenvalue weighted by Crippen LogP contribution is -2.42. The lowest BCUT2D eigenvalue weighted by molar-refractivity contribution is -0.384. The van der Waals surface area contributed by atoms with Gasteiger partial charge in [-0.15, -0.1) is 0 Å². The Morgan fingerprint density at radius 3 is 2.15 bits per heavy atom. The van der Waals surface area contributed by atoms with Gasteiger partial charge in [0.1, 0.15) is 11.8 Å². The van der Waals surface area contributed by atoms with Crippen LogP contribution in [-0.2, 0) is 4.79 Å². The van der Waals surface area contributed by atoms with Crippen molar-refractivity contribution in [3.63, 3.8) is 0 Å². The van der Waals surface area contributed by atoms with Crippen LogP contribution in [0.3, 0.4) is 0 Å². The minimum atomic E-state index is -1.03. The van der Waals surface area contributed by atoms with Crippen molar-refractivity contribution in [3.8, 4) is 6.07 Å². The molecule has 0 bridgehead atoms. The largest absolute Gasteiger partial charge is 0.506 e. The Morgan fingerprint density at radius 1 is 1.00 bits per heavy atom. The van der Waals surface area contributed by atoms with Gasteiger partial charge in [-0.05, 0) is 24.3 Å². The highest BCUT2D eigenvalue weighted by molar-refractivity contribution is 6.05. The smallest absolute Gasteiger partial charge is 0.284 e. The molecule has 2 aromatic rings. The van der Waals surface area contributed by atoms with Crippen LogP contribution in [0, 0.1) is 21.4 Å². The van der Waals surface area contributed by atoms with Gasteiger partial charge >= 0.3 is 0 Å². The Balaban J connectivity index is 2.14. The quantitative estimate of drug-likeness (QED) is 0.252. The summed E-state index contributed by atoms with van der Waals surface area (Å²) in [6, 6.07) is 14.2. The average molecular weight is 352 g/mol. The molecule has 2 rings (SSSR count). The van der Waals surface area contributed by atoms with Gasteiger partial charge in [-0.2, -0.15) is 5.26 Å². The van der Waals surface area contributed by atoms with Gasteiger partial charge in [-0.3, -0.25) is 30.6 Å². The lowest BCUT2D eigenvalue weighted by Gasteiger charge is -2.08. The first-order chi connectivity index (χ1) is 12.4. The summed E-state index contributed by atoms with van der Waals surface area (Å²) in [4.78, 5) is 33.9. The summed E-state index contributed by atoms with van der Waals surface area (Å²) in [5.41, 5.74) is 3.60. The van der Waals surface area contributed by atoms with Crippen LogP contribution in [0.15, 0.2) is 60.2 Å². The highest BCUT2D eigenvalue weighted by Gasteiger charge is 2.18. The Bertz CT molecular complexity index is 914. The number of nitrogens with zero attached hydrogens (tertiary/aromatic N) is 2. The number of nitriles is 1. The predicted molar refractivity (Wildman–Crippen MR) is 90.3 cm³/mol. The Hall–Kier alpha value is -4.19. The molecule has 2 aromatic carbocycles. The third kappa shape index (κ3) is 4.21. The molecule has 0 spiro atoms. The zero-order valence-corrected chi connectivity index (χ0v) is 13.2. The van der Waals surface area contributed by atoms with E-state index in [9.17, 15) is 24.8 Å². The summed E-state index contributed by atoms with van der Waals surface area (Å²) in [5, 5.41) is 29.8.